The number of aromatic hydroxyl groups is 1. The number of unbranched alkanes of at least 4 members (excludes halogenated alkanes) is 1. The number of nitrogens with zero attached hydrogens (tertiary/aromatic N) is 2. The number of halogens is 3. The summed E-state index contributed by atoms with van der Waals surface area (Å²) in [7, 11) is 1.54. The third-order valence-electron chi connectivity index (χ3n) is 5.64. The Kier molecular flexibility index (Phi) is 17.5. The summed E-state index contributed by atoms with van der Waals surface area (Å²) in [5.74, 6) is 0.187. The zero-order valence-corrected chi connectivity index (χ0v) is 27.3. The van der Waals surface area contributed by atoms with Gasteiger partial charge in [0.05, 0.1) is 24.0 Å². The maximum Gasteiger partial charge on any atom is 0.182 e. The highest BCUT2D eigenvalue weighted by molar-refractivity contribution is 7.19. The van der Waals surface area contributed by atoms with E-state index in [1.165, 1.54) is 36.3 Å². The van der Waals surface area contributed by atoms with Gasteiger partial charge in [-0.05, 0) is 56.2 Å². The summed E-state index contributed by atoms with van der Waals surface area (Å²) in [4.78, 5) is 8.33. The van der Waals surface area contributed by atoms with E-state index in [1.54, 1.807) is 25.4 Å². The smallest absolute Gasteiger partial charge is 0.182 e. The van der Waals surface area contributed by atoms with Gasteiger partial charge in [-0.2, -0.15) is 0 Å². The second-order valence-electron chi connectivity index (χ2n) is 8.97. The number of aliphatic hydroxyl groups excluding tert-OH is 1. The second-order valence-corrected chi connectivity index (χ2v) is 11.0. The number of thiazole rings is 1. The van der Waals surface area contributed by atoms with Crippen molar-refractivity contribution in [3.05, 3.63) is 80.7 Å². The Hall–Kier alpha value is -3.11. The zero-order valence-electron chi connectivity index (χ0n) is 25.0. The lowest BCUT2D eigenvalue weighted by Crippen LogP contribution is -2.01. The first kappa shape index (κ1) is 36.9. The number of nitrogens with one attached hydrogen (secondary N) is 1. The molecule has 0 saturated carbocycles. The van der Waals surface area contributed by atoms with Crippen molar-refractivity contribution in [1.82, 2.24) is 9.97 Å². The van der Waals surface area contributed by atoms with Gasteiger partial charge >= 0.3 is 0 Å². The molecule has 0 unspecified atom stereocenters. The molecule has 0 aliphatic carbocycles. The van der Waals surface area contributed by atoms with Crippen molar-refractivity contribution in [2.75, 3.05) is 24.8 Å². The van der Waals surface area contributed by atoms with Gasteiger partial charge in [-0.25, -0.2) is 9.37 Å². The Bertz CT molecular complexity index is 1360. The maximum absolute atomic E-state index is 12.9. The van der Waals surface area contributed by atoms with Crippen molar-refractivity contribution in [3.63, 3.8) is 0 Å². The van der Waals surface area contributed by atoms with Gasteiger partial charge < -0.3 is 26.0 Å². The van der Waals surface area contributed by atoms with E-state index in [-0.39, 0.29) is 10.8 Å². The number of hydrogen-bond donors (Lipinski definition) is 4. The Balaban J connectivity index is 0.000000340. The molecule has 0 atom stereocenters. The second kappa shape index (κ2) is 19.9. The van der Waals surface area contributed by atoms with Gasteiger partial charge in [0, 0.05) is 30.0 Å². The van der Waals surface area contributed by atoms with Crippen LogP contribution in [0.15, 0.2) is 48.7 Å². The van der Waals surface area contributed by atoms with Gasteiger partial charge in [0.1, 0.15) is 15.8 Å². The summed E-state index contributed by atoms with van der Waals surface area (Å²) in [5, 5.41) is 21.5. The van der Waals surface area contributed by atoms with Gasteiger partial charge in [-0.3, -0.25) is 4.98 Å². The number of phenols is 1. The van der Waals surface area contributed by atoms with E-state index in [0.29, 0.717) is 39.6 Å². The minimum Gasteiger partial charge on any atom is -0.504 e. The normalized spacial score (nSPS) is 9.86. The molecule has 230 valence electrons. The molecule has 0 aliphatic heterocycles. The Labute approximate surface area is 262 Å². The fraction of sp³-hybridized carbons (Fsp3) is 0.355. The molecule has 0 spiro atoms. The lowest BCUT2D eigenvalue weighted by Gasteiger charge is -2.11. The third-order valence-corrected chi connectivity index (χ3v) is 7.02. The third kappa shape index (κ3) is 12.4. The number of methoxy groups -OCH3 is 1. The summed E-state index contributed by atoms with van der Waals surface area (Å²) in [5.41, 5.74) is 10.6. The van der Waals surface area contributed by atoms with Crippen molar-refractivity contribution in [3.8, 4) is 22.8 Å². The average Bonchev–Trinajstić information content (AvgIpc) is 3.33. The number of aryl methyl sites for hydroxylation is 2. The molecule has 0 fully saturated rings. The minimum atomic E-state index is -0.472. The van der Waals surface area contributed by atoms with Crippen LogP contribution in [0, 0.1) is 19.7 Å². The SMILES string of the molecule is CCCC.CCCO.COc1cccc(CNc2cnc(C)c(C)c2)c1O.Nc1nc(-c2ccc(F)c(Cl)c2)c(Cl)s1. The van der Waals surface area contributed by atoms with Crippen LogP contribution in [-0.4, -0.2) is 33.9 Å². The van der Waals surface area contributed by atoms with Gasteiger partial charge in [0.25, 0.3) is 0 Å². The van der Waals surface area contributed by atoms with Crippen LogP contribution in [-0.2, 0) is 6.54 Å². The Morgan fingerprint density at radius 3 is 2.21 bits per heavy atom. The molecular weight excluding hydrogens is 598 g/mol. The van der Waals surface area contributed by atoms with Crippen molar-refractivity contribution in [2.45, 2.75) is 60.4 Å². The number of ether oxygens (including phenoxy) is 1. The molecular formula is C31H41Cl2FN4O3S. The highest BCUT2D eigenvalue weighted by atomic mass is 35.5. The lowest BCUT2D eigenvalue weighted by atomic mass is 10.1. The number of pyridine rings is 1. The largest absolute Gasteiger partial charge is 0.504 e. The van der Waals surface area contributed by atoms with E-state index in [4.69, 9.17) is 38.8 Å². The fourth-order valence-electron chi connectivity index (χ4n) is 2.95. The molecule has 0 saturated heterocycles. The Morgan fingerprint density at radius 1 is 1.05 bits per heavy atom. The quantitative estimate of drug-likeness (QED) is 0.160. The molecule has 5 N–H and O–H groups in total. The average molecular weight is 640 g/mol. The molecule has 0 aliphatic rings. The summed E-state index contributed by atoms with van der Waals surface area (Å²) in [6.07, 6.45) is 5.31. The van der Waals surface area contributed by atoms with Crippen LogP contribution in [0.4, 0.5) is 15.2 Å². The molecule has 2 heterocycles. The van der Waals surface area contributed by atoms with Crippen LogP contribution in [0.1, 0.15) is 56.9 Å². The van der Waals surface area contributed by atoms with E-state index in [1.807, 2.05) is 39.0 Å². The predicted octanol–water partition coefficient (Wildman–Crippen LogP) is 9.06. The Morgan fingerprint density at radius 2 is 1.71 bits per heavy atom. The number of aliphatic hydroxyl groups is 1. The van der Waals surface area contributed by atoms with Gasteiger partial charge in [0.2, 0.25) is 0 Å². The zero-order chi connectivity index (χ0) is 31.7. The van der Waals surface area contributed by atoms with E-state index in [0.717, 1.165) is 28.9 Å². The molecule has 0 amide bonds. The summed E-state index contributed by atoms with van der Waals surface area (Å²) in [6.45, 7) is 11.1. The number of rotatable bonds is 7. The van der Waals surface area contributed by atoms with Gasteiger partial charge in [0.15, 0.2) is 16.6 Å². The summed E-state index contributed by atoms with van der Waals surface area (Å²) >= 11 is 12.7. The lowest BCUT2D eigenvalue weighted by molar-refractivity contribution is 0.295. The van der Waals surface area contributed by atoms with Gasteiger partial charge in [-0.1, -0.05) is 80.3 Å². The summed E-state index contributed by atoms with van der Waals surface area (Å²) in [6, 6.07) is 11.8. The molecule has 42 heavy (non-hydrogen) atoms. The topological polar surface area (TPSA) is 114 Å². The number of nitrogen functional groups attached to an aromatic ring is 1. The number of nitrogens with two attached hydrogens (primary N) is 1. The first-order valence-electron chi connectivity index (χ1n) is 13.5. The van der Waals surface area contributed by atoms with Crippen LogP contribution < -0.4 is 15.8 Å². The number of benzene rings is 2. The number of para-hydroxylation sites is 1. The monoisotopic (exact) mass is 638 g/mol. The van der Waals surface area contributed by atoms with Crippen LogP contribution in [0.2, 0.25) is 9.36 Å². The molecule has 4 rings (SSSR count). The van der Waals surface area contributed by atoms with Crippen LogP contribution >= 0.6 is 34.5 Å². The minimum absolute atomic E-state index is 0.0372. The van der Waals surface area contributed by atoms with Crippen LogP contribution in [0.3, 0.4) is 0 Å². The van der Waals surface area contributed by atoms with Crippen molar-refractivity contribution >= 4 is 45.4 Å². The highest BCUT2D eigenvalue weighted by Gasteiger charge is 2.11. The number of anilines is 2. The standard InChI is InChI=1S/C15H18N2O2.C9H5Cl2FN2S.C4H10.C3H8O/c1-10-7-13(9-16-11(10)2)17-8-12-5-4-6-14(19-3)15(12)18;10-5-3-4(1-2-6(5)12)7-8(11)15-9(13)14-7;1-3-4-2;1-2-3-4/h4-7,9,17-18H,8H2,1-3H3;1-3H,(H2,13,14);3-4H2,1-2H3;4H,2-3H2,1H3. The van der Waals surface area contributed by atoms with Gasteiger partial charge in [-0.15, -0.1) is 0 Å². The van der Waals surface area contributed by atoms with E-state index < -0.39 is 5.82 Å². The molecule has 11 heteroatoms. The number of hydrogen-bond acceptors (Lipinski definition) is 8. The number of aromatic nitrogens is 2. The molecule has 2 aromatic carbocycles. The molecule has 0 radical (unpaired) electrons. The van der Waals surface area contributed by atoms with Crippen LogP contribution in [0.5, 0.6) is 11.5 Å². The fourth-order valence-corrected chi connectivity index (χ4v) is 4.10. The van der Waals surface area contributed by atoms with E-state index >= 15 is 0 Å². The van der Waals surface area contributed by atoms with Crippen LogP contribution in [0.25, 0.3) is 11.3 Å². The predicted molar refractivity (Wildman–Crippen MR) is 176 cm³/mol. The van der Waals surface area contributed by atoms with E-state index in [2.05, 4.69) is 29.1 Å². The van der Waals surface area contributed by atoms with Crippen molar-refractivity contribution in [2.24, 2.45) is 0 Å². The maximum atomic E-state index is 12.9. The number of phenolic OH excluding ortho intramolecular Hbond substituents is 1. The van der Waals surface area contributed by atoms with Crippen molar-refractivity contribution in [1.29, 1.82) is 0 Å². The van der Waals surface area contributed by atoms with Crippen molar-refractivity contribution < 1.29 is 19.3 Å². The first-order valence-corrected chi connectivity index (χ1v) is 15.1. The molecule has 7 nitrogen and oxygen atoms in total. The highest BCUT2D eigenvalue weighted by Crippen LogP contribution is 2.35. The van der Waals surface area contributed by atoms with E-state index in [9.17, 15) is 9.50 Å². The first-order chi connectivity index (χ1) is 20.0. The molecule has 0 bridgehead atoms. The summed E-state index contributed by atoms with van der Waals surface area (Å²) < 4.78 is 18.5. The molecule has 4 aromatic rings. The molecule has 2 aromatic heterocycles.